The van der Waals surface area contributed by atoms with Gasteiger partial charge in [0.25, 0.3) is 5.91 Å². The number of anilines is 1. The molecule has 7 heteroatoms. The normalized spacial score (nSPS) is 13.6. The molecule has 1 saturated heterocycles. The van der Waals surface area contributed by atoms with Gasteiger partial charge in [0, 0.05) is 44.0 Å². The predicted molar refractivity (Wildman–Crippen MR) is 105 cm³/mol. The third-order valence-electron chi connectivity index (χ3n) is 4.22. The maximum absolute atomic E-state index is 12.5. The fourth-order valence-corrected chi connectivity index (χ4v) is 2.80. The van der Waals surface area contributed by atoms with E-state index >= 15 is 0 Å². The number of carbonyl (C=O) groups excluding carboxylic acids is 1. The SMILES string of the molecule is Cl.Cl.NCc1ccc(C(=O)N2CCN(c3ccc(O)cc3)CC2)cc1. The summed E-state index contributed by atoms with van der Waals surface area (Å²) in [5.41, 5.74) is 8.39. The Labute approximate surface area is 160 Å². The van der Waals surface area contributed by atoms with E-state index in [9.17, 15) is 9.90 Å². The standard InChI is InChI=1S/C18H21N3O2.2ClH/c19-13-14-1-3-15(4-2-14)18(23)21-11-9-20(10-12-21)16-5-7-17(22)8-6-16;;/h1-8,22H,9-13,19H2;2*1H. The number of rotatable bonds is 3. The molecule has 0 unspecified atom stereocenters. The Morgan fingerprint density at radius 2 is 1.48 bits per heavy atom. The van der Waals surface area contributed by atoms with Crippen LogP contribution in [0.5, 0.6) is 5.75 Å². The molecule has 0 bridgehead atoms. The number of phenolic OH excluding ortho intramolecular Hbond substituents is 1. The van der Waals surface area contributed by atoms with E-state index in [1.807, 2.05) is 41.3 Å². The van der Waals surface area contributed by atoms with Gasteiger partial charge in [-0.15, -0.1) is 24.8 Å². The van der Waals surface area contributed by atoms with E-state index in [0.717, 1.165) is 24.3 Å². The maximum Gasteiger partial charge on any atom is 0.253 e. The molecule has 1 fully saturated rings. The molecule has 0 aliphatic carbocycles. The average Bonchev–Trinajstić information content (AvgIpc) is 2.62. The first-order valence-electron chi connectivity index (χ1n) is 7.79. The third kappa shape index (κ3) is 5.01. The number of nitrogens with zero attached hydrogens (tertiary/aromatic N) is 2. The van der Waals surface area contributed by atoms with E-state index in [2.05, 4.69) is 4.90 Å². The summed E-state index contributed by atoms with van der Waals surface area (Å²) in [6.45, 7) is 3.45. The summed E-state index contributed by atoms with van der Waals surface area (Å²) in [7, 11) is 0. The Bertz CT molecular complexity index is 670. The molecule has 1 amide bonds. The van der Waals surface area contributed by atoms with Crippen molar-refractivity contribution in [2.75, 3.05) is 31.1 Å². The molecule has 0 atom stereocenters. The summed E-state index contributed by atoms with van der Waals surface area (Å²) < 4.78 is 0. The lowest BCUT2D eigenvalue weighted by molar-refractivity contribution is 0.0747. The first-order valence-corrected chi connectivity index (χ1v) is 7.79. The summed E-state index contributed by atoms with van der Waals surface area (Å²) in [5, 5.41) is 9.35. The zero-order valence-electron chi connectivity index (χ0n) is 13.8. The number of hydrogen-bond donors (Lipinski definition) is 2. The van der Waals surface area contributed by atoms with Crippen LogP contribution in [0.15, 0.2) is 48.5 Å². The van der Waals surface area contributed by atoms with Gasteiger partial charge in [-0.3, -0.25) is 4.79 Å². The molecule has 136 valence electrons. The molecular formula is C18H23Cl2N3O2. The van der Waals surface area contributed by atoms with E-state index in [4.69, 9.17) is 5.73 Å². The molecule has 2 aromatic carbocycles. The smallest absolute Gasteiger partial charge is 0.253 e. The maximum atomic E-state index is 12.5. The summed E-state index contributed by atoms with van der Waals surface area (Å²) in [6.07, 6.45) is 0. The van der Waals surface area contributed by atoms with Crippen LogP contribution in [0.4, 0.5) is 5.69 Å². The van der Waals surface area contributed by atoms with Crippen molar-refractivity contribution in [3.63, 3.8) is 0 Å². The number of piperazine rings is 1. The van der Waals surface area contributed by atoms with Gasteiger partial charge < -0.3 is 20.6 Å². The fraction of sp³-hybridized carbons (Fsp3) is 0.278. The van der Waals surface area contributed by atoms with Crippen LogP contribution < -0.4 is 10.6 Å². The van der Waals surface area contributed by atoms with Gasteiger partial charge in [0.2, 0.25) is 0 Å². The Morgan fingerprint density at radius 3 is 2.00 bits per heavy atom. The minimum absolute atomic E-state index is 0. The molecule has 1 aliphatic heterocycles. The van der Waals surface area contributed by atoms with Gasteiger partial charge in [0.15, 0.2) is 0 Å². The van der Waals surface area contributed by atoms with Gasteiger partial charge >= 0.3 is 0 Å². The first-order chi connectivity index (χ1) is 11.2. The van der Waals surface area contributed by atoms with Crippen LogP contribution in [-0.2, 0) is 6.54 Å². The van der Waals surface area contributed by atoms with Crippen molar-refractivity contribution < 1.29 is 9.90 Å². The van der Waals surface area contributed by atoms with Crippen molar-refractivity contribution in [1.29, 1.82) is 0 Å². The summed E-state index contributed by atoms with van der Waals surface area (Å²) in [6, 6.07) is 14.7. The van der Waals surface area contributed by atoms with Gasteiger partial charge in [-0.25, -0.2) is 0 Å². The largest absolute Gasteiger partial charge is 0.508 e. The second-order valence-corrected chi connectivity index (χ2v) is 5.70. The molecule has 0 spiro atoms. The Hall–Kier alpha value is -1.95. The molecule has 3 rings (SSSR count). The average molecular weight is 384 g/mol. The first kappa shape index (κ1) is 21.1. The summed E-state index contributed by atoms with van der Waals surface area (Å²) in [5.74, 6) is 0.336. The summed E-state index contributed by atoms with van der Waals surface area (Å²) in [4.78, 5) is 16.6. The van der Waals surface area contributed by atoms with Crippen LogP contribution in [-0.4, -0.2) is 42.1 Å². The minimum Gasteiger partial charge on any atom is -0.508 e. The van der Waals surface area contributed by atoms with Gasteiger partial charge in [-0.05, 0) is 42.0 Å². The number of hydrogen-bond acceptors (Lipinski definition) is 4. The molecule has 25 heavy (non-hydrogen) atoms. The van der Waals surface area contributed by atoms with Crippen LogP contribution in [0.1, 0.15) is 15.9 Å². The highest BCUT2D eigenvalue weighted by molar-refractivity contribution is 5.94. The monoisotopic (exact) mass is 383 g/mol. The highest BCUT2D eigenvalue weighted by Crippen LogP contribution is 2.20. The second kappa shape index (κ2) is 9.51. The van der Waals surface area contributed by atoms with Gasteiger partial charge in [-0.2, -0.15) is 0 Å². The zero-order chi connectivity index (χ0) is 16.2. The number of carbonyl (C=O) groups is 1. The number of aromatic hydroxyl groups is 1. The molecule has 5 nitrogen and oxygen atoms in total. The Balaban J connectivity index is 0.00000156. The minimum atomic E-state index is 0. The lowest BCUT2D eigenvalue weighted by Gasteiger charge is -2.36. The predicted octanol–water partition coefficient (Wildman–Crippen LogP) is 2.66. The van der Waals surface area contributed by atoms with Crippen LogP contribution in [0, 0.1) is 0 Å². The van der Waals surface area contributed by atoms with Crippen LogP contribution in [0.25, 0.3) is 0 Å². The molecule has 1 aliphatic rings. The van der Waals surface area contributed by atoms with E-state index in [1.54, 1.807) is 12.1 Å². The summed E-state index contributed by atoms with van der Waals surface area (Å²) >= 11 is 0. The van der Waals surface area contributed by atoms with E-state index < -0.39 is 0 Å². The molecular weight excluding hydrogens is 361 g/mol. The van der Waals surface area contributed by atoms with Crippen LogP contribution >= 0.6 is 24.8 Å². The topological polar surface area (TPSA) is 69.8 Å². The quantitative estimate of drug-likeness (QED) is 0.854. The molecule has 0 aromatic heterocycles. The number of benzene rings is 2. The van der Waals surface area contributed by atoms with Crippen molar-refractivity contribution in [3.8, 4) is 5.75 Å². The number of amides is 1. The zero-order valence-corrected chi connectivity index (χ0v) is 15.4. The third-order valence-corrected chi connectivity index (χ3v) is 4.22. The van der Waals surface area contributed by atoms with Crippen molar-refractivity contribution >= 4 is 36.4 Å². The molecule has 3 N–H and O–H groups in total. The van der Waals surface area contributed by atoms with Gasteiger partial charge in [-0.1, -0.05) is 12.1 Å². The van der Waals surface area contributed by atoms with Gasteiger partial charge in [0.1, 0.15) is 5.75 Å². The van der Waals surface area contributed by atoms with E-state index in [0.29, 0.717) is 25.2 Å². The second-order valence-electron chi connectivity index (χ2n) is 5.70. The Kier molecular flexibility index (Phi) is 8.03. The van der Waals surface area contributed by atoms with Crippen molar-refractivity contribution in [3.05, 3.63) is 59.7 Å². The van der Waals surface area contributed by atoms with Crippen molar-refractivity contribution in [2.24, 2.45) is 5.73 Å². The van der Waals surface area contributed by atoms with Crippen molar-refractivity contribution in [1.82, 2.24) is 4.90 Å². The van der Waals surface area contributed by atoms with E-state index in [-0.39, 0.29) is 36.5 Å². The molecule has 0 saturated carbocycles. The Morgan fingerprint density at radius 1 is 0.920 bits per heavy atom. The fourth-order valence-electron chi connectivity index (χ4n) is 2.80. The van der Waals surface area contributed by atoms with Crippen molar-refractivity contribution in [2.45, 2.75) is 6.54 Å². The molecule has 2 aromatic rings. The molecule has 1 heterocycles. The van der Waals surface area contributed by atoms with Crippen LogP contribution in [0.2, 0.25) is 0 Å². The lowest BCUT2D eigenvalue weighted by atomic mass is 10.1. The lowest BCUT2D eigenvalue weighted by Crippen LogP contribution is -2.48. The number of phenols is 1. The highest BCUT2D eigenvalue weighted by atomic mass is 35.5. The van der Waals surface area contributed by atoms with E-state index in [1.165, 1.54) is 0 Å². The number of halogens is 2. The van der Waals surface area contributed by atoms with Gasteiger partial charge in [0.05, 0.1) is 0 Å². The highest BCUT2D eigenvalue weighted by Gasteiger charge is 2.22. The molecule has 0 radical (unpaired) electrons. The number of nitrogens with two attached hydrogens (primary N) is 1. The van der Waals surface area contributed by atoms with Crippen LogP contribution in [0.3, 0.4) is 0 Å².